The highest BCUT2D eigenvalue weighted by Gasteiger charge is 2.32. The number of hydrogen-bond donors (Lipinski definition) is 1. The standard InChI is InChI=1S/C17H30N2O/c1-16(2)10-7-15(8-11-16)20-12-4-9-17(3,13-18)19-14-5-6-14/h14-15,19H,4-12H2,1-3H3. The van der Waals surface area contributed by atoms with Crippen molar-refractivity contribution in [1.29, 1.82) is 5.26 Å². The van der Waals surface area contributed by atoms with E-state index in [4.69, 9.17) is 4.74 Å². The molecule has 20 heavy (non-hydrogen) atoms. The lowest BCUT2D eigenvalue weighted by molar-refractivity contribution is 0.00163. The second-order valence-corrected chi connectivity index (χ2v) is 7.70. The van der Waals surface area contributed by atoms with Gasteiger partial charge in [0.25, 0.3) is 0 Å². The van der Waals surface area contributed by atoms with E-state index in [1.165, 1.54) is 38.5 Å². The molecular weight excluding hydrogens is 248 g/mol. The van der Waals surface area contributed by atoms with Crippen LogP contribution < -0.4 is 5.32 Å². The van der Waals surface area contributed by atoms with Crippen LogP contribution in [0.4, 0.5) is 0 Å². The monoisotopic (exact) mass is 278 g/mol. The van der Waals surface area contributed by atoms with E-state index in [1.807, 2.05) is 6.92 Å². The van der Waals surface area contributed by atoms with E-state index in [0.717, 1.165) is 19.4 Å². The Kier molecular flexibility index (Phi) is 5.09. The molecule has 2 aliphatic carbocycles. The fraction of sp³-hybridized carbons (Fsp3) is 0.941. The van der Waals surface area contributed by atoms with Crippen molar-refractivity contribution < 1.29 is 4.74 Å². The van der Waals surface area contributed by atoms with Gasteiger partial charge in [-0.2, -0.15) is 5.26 Å². The molecule has 1 atom stereocenters. The Balaban J connectivity index is 1.60. The van der Waals surface area contributed by atoms with Crippen LogP contribution in [-0.2, 0) is 4.74 Å². The Bertz CT molecular complexity index is 346. The first-order chi connectivity index (χ1) is 9.42. The lowest BCUT2D eigenvalue weighted by Gasteiger charge is -2.34. The number of nitrogens with zero attached hydrogens (tertiary/aromatic N) is 1. The Labute approximate surface area is 124 Å². The molecule has 0 aliphatic heterocycles. The molecule has 3 heteroatoms. The van der Waals surface area contributed by atoms with Crippen molar-refractivity contribution in [3.8, 4) is 6.07 Å². The van der Waals surface area contributed by atoms with Crippen molar-refractivity contribution in [1.82, 2.24) is 5.32 Å². The van der Waals surface area contributed by atoms with Crippen LogP contribution in [0.15, 0.2) is 0 Å². The molecule has 2 saturated carbocycles. The van der Waals surface area contributed by atoms with E-state index in [0.29, 0.717) is 17.6 Å². The Morgan fingerprint density at radius 3 is 2.45 bits per heavy atom. The molecule has 2 rings (SSSR count). The van der Waals surface area contributed by atoms with E-state index in [1.54, 1.807) is 0 Å². The zero-order valence-electron chi connectivity index (χ0n) is 13.4. The van der Waals surface area contributed by atoms with Crippen LogP contribution in [0.5, 0.6) is 0 Å². The van der Waals surface area contributed by atoms with Crippen molar-refractivity contribution in [3.05, 3.63) is 0 Å². The molecule has 0 aromatic heterocycles. The van der Waals surface area contributed by atoms with Crippen LogP contribution >= 0.6 is 0 Å². The van der Waals surface area contributed by atoms with Crippen LogP contribution in [0.1, 0.15) is 72.1 Å². The third-order valence-corrected chi connectivity index (χ3v) is 4.81. The van der Waals surface area contributed by atoms with Gasteiger partial charge in [0.1, 0.15) is 5.54 Å². The molecule has 1 N–H and O–H groups in total. The third kappa shape index (κ3) is 5.07. The Hall–Kier alpha value is -0.590. The van der Waals surface area contributed by atoms with Crippen molar-refractivity contribution >= 4 is 0 Å². The van der Waals surface area contributed by atoms with Crippen LogP contribution in [-0.4, -0.2) is 24.3 Å². The average Bonchev–Trinajstić information content (AvgIpc) is 3.20. The summed E-state index contributed by atoms with van der Waals surface area (Å²) in [6, 6.07) is 3.02. The molecule has 0 aromatic carbocycles. The van der Waals surface area contributed by atoms with E-state index >= 15 is 0 Å². The fourth-order valence-corrected chi connectivity index (χ4v) is 3.05. The summed E-state index contributed by atoms with van der Waals surface area (Å²) < 4.78 is 6.00. The van der Waals surface area contributed by atoms with E-state index in [9.17, 15) is 5.26 Å². The molecule has 114 valence electrons. The maximum atomic E-state index is 9.31. The highest BCUT2D eigenvalue weighted by molar-refractivity contribution is 5.06. The topological polar surface area (TPSA) is 45.0 Å². The summed E-state index contributed by atoms with van der Waals surface area (Å²) in [7, 11) is 0. The zero-order chi connectivity index (χ0) is 14.6. The highest BCUT2D eigenvalue weighted by Crippen LogP contribution is 2.36. The lowest BCUT2D eigenvalue weighted by atomic mass is 9.76. The lowest BCUT2D eigenvalue weighted by Crippen LogP contribution is -2.42. The van der Waals surface area contributed by atoms with E-state index < -0.39 is 0 Å². The van der Waals surface area contributed by atoms with Gasteiger partial charge in [0.2, 0.25) is 0 Å². The molecule has 0 spiro atoms. The van der Waals surface area contributed by atoms with Crippen LogP contribution in [0.2, 0.25) is 0 Å². The summed E-state index contributed by atoms with van der Waals surface area (Å²) >= 11 is 0. The summed E-state index contributed by atoms with van der Waals surface area (Å²) in [5.74, 6) is 0. The van der Waals surface area contributed by atoms with Crippen LogP contribution in [0, 0.1) is 16.7 Å². The zero-order valence-corrected chi connectivity index (χ0v) is 13.4. The van der Waals surface area contributed by atoms with Crippen molar-refractivity contribution in [2.24, 2.45) is 5.41 Å². The highest BCUT2D eigenvalue weighted by atomic mass is 16.5. The van der Waals surface area contributed by atoms with Crippen molar-refractivity contribution in [2.45, 2.75) is 89.8 Å². The quantitative estimate of drug-likeness (QED) is 0.721. The maximum Gasteiger partial charge on any atom is 0.104 e. The van der Waals surface area contributed by atoms with Gasteiger partial charge in [0.15, 0.2) is 0 Å². The summed E-state index contributed by atoms with van der Waals surface area (Å²) in [6.07, 6.45) is 9.71. The average molecular weight is 278 g/mol. The molecule has 0 amide bonds. The SMILES string of the molecule is CC1(C)CCC(OCCCC(C)(C#N)NC2CC2)CC1. The van der Waals surface area contributed by atoms with Gasteiger partial charge in [-0.15, -0.1) is 0 Å². The fourth-order valence-electron chi connectivity index (χ4n) is 3.05. The molecule has 3 nitrogen and oxygen atoms in total. The molecular formula is C17H30N2O. The molecule has 0 aromatic rings. The maximum absolute atomic E-state index is 9.31. The van der Waals surface area contributed by atoms with Gasteiger partial charge in [0.05, 0.1) is 12.2 Å². The largest absolute Gasteiger partial charge is 0.378 e. The summed E-state index contributed by atoms with van der Waals surface area (Å²) in [4.78, 5) is 0. The first kappa shape index (κ1) is 15.8. The second kappa shape index (κ2) is 6.45. The molecule has 2 fully saturated rings. The Morgan fingerprint density at radius 2 is 1.90 bits per heavy atom. The molecule has 0 radical (unpaired) electrons. The first-order valence-corrected chi connectivity index (χ1v) is 8.23. The van der Waals surface area contributed by atoms with Crippen molar-refractivity contribution in [3.63, 3.8) is 0 Å². The van der Waals surface area contributed by atoms with E-state index in [-0.39, 0.29) is 5.54 Å². The van der Waals surface area contributed by atoms with Crippen LogP contribution in [0.25, 0.3) is 0 Å². The minimum Gasteiger partial charge on any atom is -0.378 e. The predicted molar refractivity (Wildman–Crippen MR) is 81.4 cm³/mol. The normalized spacial score (nSPS) is 25.9. The van der Waals surface area contributed by atoms with Gasteiger partial charge in [-0.1, -0.05) is 13.8 Å². The Morgan fingerprint density at radius 1 is 1.25 bits per heavy atom. The van der Waals surface area contributed by atoms with Gasteiger partial charge in [0, 0.05) is 12.6 Å². The number of rotatable bonds is 7. The molecule has 0 heterocycles. The van der Waals surface area contributed by atoms with Gasteiger partial charge in [-0.05, 0) is 63.7 Å². The molecule has 1 unspecified atom stereocenters. The van der Waals surface area contributed by atoms with Crippen LogP contribution in [0.3, 0.4) is 0 Å². The predicted octanol–water partition coefficient (Wildman–Crippen LogP) is 3.79. The number of hydrogen-bond acceptors (Lipinski definition) is 3. The molecule has 0 bridgehead atoms. The molecule has 0 saturated heterocycles. The number of nitrogens with one attached hydrogen (secondary N) is 1. The summed E-state index contributed by atoms with van der Waals surface area (Å²) in [5, 5.41) is 12.8. The van der Waals surface area contributed by atoms with Gasteiger partial charge in [-0.3, -0.25) is 5.32 Å². The summed E-state index contributed by atoms with van der Waals surface area (Å²) in [5.41, 5.74) is 0.145. The van der Waals surface area contributed by atoms with E-state index in [2.05, 4.69) is 25.2 Å². The van der Waals surface area contributed by atoms with Gasteiger partial charge in [-0.25, -0.2) is 0 Å². The minimum absolute atomic E-state index is 0.362. The first-order valence-electron chi connectivity index (χ1n) is 8.23. The van der Waals surface area contributed by atoms with Crippen molar-refractivity contribution in [2.75, 3.05) is 6.61 Å². The number of ether oxygens (including phenoxy) is 1. The summed E-state index contributed by atoms with van der Waals surface area (Å²) in [6.45, 7) is 7.53. The smallest absolute Gasteiger partial charge is 0.104 e. The second-order valence-electron chi connectivity index (χ2n) is 7.70. The molecule has 2 aliphatic rings. The van der Waals surface area contributed by atoms with Gasteiger partial charge < -0.3 is 4.74 Å². The third-order valence-electron chi connectivity index (χ3n) is 4.81. The number of nitriles is 1. The van der Waals surface area contributed by atoms with Gasteiger partial charge >= 0.3 is 0 Å². The minimum atomic E-state index is -0.362.